The van der Waals surface area contributed by atoms with Crippen LogP contribution >= 0.6 is 0 Å². The first kappa shape index (κ1) is 12.2. The van der Waals surface area contributed by atoms with E-state index >= 15 is 0 Å². The summed E-state index contributed by atoms with van der Waals surface area (Å²) in [7, 11) is 1.40. The van der Waals surface area contributed by atoms with Crippen LogP contribution in [-0.2, 0) is 14.3 Å². The number of hydrogen-bond acceptors (Lipinski definition) is 4. The van der Waals surface area contributed by atoms with Crippen LogP contribution in [0.3, 0.4) is 0 Å². The van der Waals surface area contributed by atoms with E-state index in [0.29, 0.717) is 13.1 Å². The normalized spacial score (nSPS) is 30.8. The molecule has 0 radical (unpaired) electrons. The number of carbonyl (C=O) groups is 2. The average molecular weight is 241 g/mol. The molecule has 1 amide bonds. The molecule has 1 saturated carbocycles. The number of amides is 1. The number of hydrogen-bond donors (Lipinski definition) is 0. The lowest BCUT2D eigenvalue weighted by Crippen LogP contribution is -2.37. The molecule has 5 nitrogen and oxygen atoms in total. The van der Waals surface area contributed by atoms with Gasteiger partial charge in [-0.25, -0.2) is 4.79 Å². The third kappa shape index (κ3) is 2.37. The quantitative estimate of drug-likeness (QED) is 0.649. The molecule has 0 aromatic carbocycles. The summed E-state index contributed by atoms with van der Waals surface area (Å²) in [5.41, 5.74) is -0.467. The van der Waals surface area contributed by atoms with Crippen molar-refractivity contribution >= 4 is 12.1 Å². The van der Waals surface area contributed by atoms with Crippen molar-refractivity contribution in [2.45, 2.75) is 26.4 Å². The maximum absolute atomic E-state index is 11.8. The SMILES string of the molecule is COC(=O)C1[C@H]2CN(C(=O)OC(C)(C)C)C[C@H]12. The average Bonchev–Trinajstić information content (AvgIpc) is 2.69. The topological polar surface area (TPSA) is 55.8 Å². The molecule has 1 saturated heterocycles. The number of ether oxygens (including phenoxy) is 2. The molecule has 1 aliphatic heterocycles. The second-order valence-electron chi connectivity index (χ2n) is 5.76. The van der Waals surface area contributed by atoms with E-state index in [1.165, 1.54) is 7.11 Å². The van der Waals surface area contributed by atoms with Gasteiger partial charge < -0.3 is 14.4 Å². The standard InChI is InChI=1S/C12H19NO4/c1-12(2,3)17-11(15)13-5-7-8(6-13)9(7)10(14)16-4/h7-9H,5-6H2,1-4H3/t7-,8-/m0/s1. The lowest BCUT2D eigenvalue weighted by molar-refractivity contribution is -0.143. The van der Waals surface area contributed by atoms with Crippen molar-refractivity contribution in [3.63, 3.8) is 0 Å². The van der Waals surface area contributed by atoms with E-state index in [2.05, 4.69) is 0 Å². The van der Waals surface area contributed by atoms with Crippen LogP contribution in [0.4, 0.5) is 4.79 Å². The Balaban J connectivity index is 1.83. The second kappa shape index (κ2) is 3.89. The zero-order valence-electron chi connectivity index (χ0n) is 10.7. The molecule has 2 aliphatic rings. The first-order valence-corrected chi connectivity index (χ1v) is 5.89. The van der Waals surface area contributed by atoms with E-state index in [1.54, 1.807) is 4.90 Å². The molecule has 0 aromatic heterocycles. The van der Waals surface area contributed by atoms with Crippen LogP contribution in [0.15, 0.2) is 0 Å². The summed E-state index contributed by atoms with van der Waals surface area (Å²) in [5.74, 6) is 0.396. The first-order chi connectivity index (χ1) is 7.83. The maximum atomic E-state index is 11.8. The summed E-state index contributed by atoms with van der Waals surface area (Å²) < 4.78 is 10.00. The minimum absolute atomic E-state index is 0.00122. The fourth-order valence-electron chi connectivity index (χ4n) is 2.49. The van der Waals surface area contributed by atoms with Gasteiger partial charge in [0.15, 0.2) is 0 Å². The Labute approximate surface area is 101 Å². The number of rotatable bonds is 1. The summed E-state index contributed by atoms with van der Waals surface area (Å²) in [6, 6.07) is 0. The Morgan fingerprint density at radius 1 is 1.18 bits per heavy atom. The second-order valence-corrected chi connectivity index (χ2v) is 5.76. The van der Waals surface area contributed by atoms with Gasteiger partial charge in [0.25, 0.3) is 0 Å². The van der Waals surface area contributed by atoms with Crippen molar-refractivity contribution in [1.82, 2.24) is 4.90 Å². The molecular formula is C12H19NO4. The summed E-state index contributed by atoms with van der Waals surface area (Å²) in [5, 5.41) is 0. The molecule has 5 heteroatoms. The molecule has 0 unspecified atom stereocenters. The van der Waals surface area contributed by atoms with Gasteiger partial charge in [-0.3, -0.25) is 4.79 Å². The van der Waals surface area contributed by atoms with E-state index < -0.39 is 5.60 Å². The molecule has 2 atom stereocenters. The van der Waals surface area contributed by atoms with Gasteiger partial charge in [-0.15, -0.1) is 0 Å². The molecule has 96 valence electrons. The summed E-state index contributed by atoms with van der Waals surface area (Å²) in [4.78, 5) is 24.8. The minimum Gasteiger partial charge on any atom is -0.469 e. The minimum atomic E-state index is -0.467. The lowest BCUT2D eigenvalue weighted by atomic mass is 10.2. The van der Waals surface area contributed by atoms with Gasteiger partial charge in [0, 0.05) is 13.1 Å². The third-order valence-electron chi connectivity index (χ3n) is 3.32. The predicted octanol–water partition coefficient (Wildman–Crippen LogP) is 1.27. The van der Waals surface area contributed by atoms with Crippen molar-refractivity contribution in [2.75, 3.05) is 20.2 Å². The van der Waals surface area contributed by atoms with Gasteiger partial charge in [0.05, 0.1) is 13.0 Å². The summed E-state index contributed by atoms with van der Waals surface area (Å²) in [6.45, 7) is 6.76. The van der Waals surface area contributed by atoms with Gasteiger partial charge in [0.1, 0.15) is 5.60 Å². The van der Waals surface area contributed by atoms with Crippen molar-refractivity contribution < 1.29 is 19.1 Å². The zero-order valence-corrected chi connectivity index (χ0v) is 10.7. The third-order valence-corrected chi connectivity index (χ3v) is 3.32. The number of piperidine rings is 1. The largest absolute Gasteiger partial charge is 0.469 e. The smallest absolute Gasteiger partial charge is 0.410 e. The van der Waals surface area contributed by atoms with Crippen LogP contribution in [0.5, 0.6) is 0 Å². The van der Waals surface area contributed by atoms with Crippen molar-refractivity contribution in [1.29, 1.82) is 0 Å². The number of likely N-dealkylation sites (tertiary alicyclic amines) is 1. The number of carbonyl (C=O) groups excluding carboxylic acids is 2. The number of methoxy groups -OCH3 is 1. The van der Waals surface area contributed by atoms with Crippen molar-refractivity contribution in [2.24, 2.45) is 17.8 Å². The number of fused-ring (bicyclic) bond motifs is 1. The van der Waals surface area contributed by atoms with Gasteiger partial charge in [0.2, 0.25) is 0 Å². The van der Waals surface area contributed by atoms with Crippen molar-refractivity contribution in [3.05, 3.63) is 0 Å². The van der Waals surface area contributed by atoms with Crippen LogP contribution in [0.2, 0.25) is 0 Å². The molecular weight excluding hydrogens is 222 g/mol. The fourth-order valence-corrected chi connectivity index (χ4v) is 2.49. The van der Waals surface area contributed by atoms with Gasteiger partial charge in [-0.2, -0.15) is 0 Å². The Bertz CT molecular complexity index is 335. The van der Waals surface area contributed by atoms with Crippen LogP contribution < -0.4 is 0 Å². The van der Waals surface area contributed by atoms with E-state index in [9.17, 15) is 9.59 Å². The van der Waals surface area contributed by atoms with Crippen LogP contribution in [0.1, 0.15) is 20.8 Å². The van der Waals surface area contributed by atoms with Crippen LogP contribution in [0, 0.1) is 17.8 Å². The van der Waals surface area contributed by atoms with E-state index in [1.807, 2.05) is 20.8 Å². The summed E-state index contributed by atoms with van der Waals surface area (Å²) >= 11 is 0. The number of esters is 1. The molecule has 0 spiro atoms. The Morgan fingerprint density at radius 2 is 1.71 bits per heavy atom. The Hall–Kier alpha value is -1.26. The molecule has 0 aromatic rings. The molecule has 17 heavy (non-hydrogen) atoms. The van der Waals surface area contributed by atoms with E-state index in [4.69, 9.17) is 9.47 Å². The maximum Gasteiger partial charge on any atom is 0.410 e. The van der Waals surface area contributed by atoms with E-state index in [0.717, 1.165) is 0 Å². The van der Waals surface area contributed by atoms with Gasteiger partial charge in [-0.1, -0.05) is 0 Å². The van der Waals surface area contributed by atoms with Gasteiger partial charge in [-0.05, 0) is 32.6 Å². The highest BCUT2D eigenvalue weighted by atomic mass is 16.6. The molecule has 1 heterocycles. The molecule has 1 aliphatic carbocycles. The number of nitrogens with zero attached hydrogens (tertiary/aromatic N) is 1. The molecule has 0 N–H and O–H groups in total. The Kier molecular flexibility index (Phi) is 2.79. The highest BCUT2D eigenvalue weighted by molar-refractivity contribution is 5.78. The first-order valence-electron chi connectivity index (χ1n) is 5.89. The highest BCUT2D eigenvalue weighted by Gasteiger charge is 2.61. The van der Waals surface area contributed by atoms with Crippen molar-refractivity contribution in [3.8, 4) is 0 Å². The summed E-state index contributed by atoms with van der Waals surface area (Å²) in [6.07, 6.45) is -0.284. The highest BCUT2D eigenvalue weighted by Crippen LogP contribution is 2.52. The lowest BCUT2D eigenvalue weighted by Gasteiger charge is -2.25. The predicted molar refractivity (Wildman–Crippen MR) is 60.3 cm³/mol. The van der Waals surface area contributed by atoms with Crippen LogP contribution in [-0.4, -0.2) is 42.8 Å². The zero-order chi connectivity index (χ0) is 12.8. The fraction of sp³-hybridized carbons (Fsp3) is 0.833. The Morgan fingerprint density at radius 3 is 2.12 bits per heavy atom. The molecule has 0 bridgehead atoms. The van der Waals surface area contributed by atoms with Gasteiger partial charge >= 0.3 is 12.1 Å². The molecule has 2 fully saturated rings. The van der Waals surface area contributed by atoms with Crippen LogP contribution in [0.25, 0.3) is 0 Å². The monoisotopic (exact) mass is 241 g/mol. The van der Waals surface area contributed by atoms with E-state index in [-0.39, 0.29) is 29.8 Å². The molecule has 2 rings (SSSR count).